The first kappa shape index (κ1) is 19.1. The lowest BCUT2D eigenvalue weighted by molar-refractivity contribution is -0.122. The van der Waals surface area contributed by atoms with Gasteiger partial charge in [-0.05, 0) is 55.2 Å². The largest absolute Gasteiger partial charge is 0.398 e. The van der Waals surface area contributed by atoms with E-state index in [-0.39, 0.29) is 30.2 Å². The molecule has 4 nitrogen and oxygen atoms in total. The minimum Gasteiger partial charge on any atom is -0.398 e. The third-order valence-electron chi connectivity index (χ3n) is 4.55. The quantitative estimate of drug-likeness (QED) is 0.819. The Bertz CT molecular complexity index is 736. The van der Waals surface area contributed by atoms with Crippen molar-refractivity contribution in [2.75, 3.05) is 17.2 Å². The molecule has 1 unspecified atom stereocenters. The van der Waals surface area contributed by atoms with E-state index >= 15 is 0 Å². The zero-order valence-electron chi connectivity index (χ0n) is 14.2. The number of anilines is 2. The van der Waals surface area contributed by atoms with Crippen molar-refractivity contribution in [3.8, 4) is 0 Å². The summed E-state index contributed by atoms with van der Waals surface area (Å²) in [5, 5.41) is 2.93. The van der Waals surface area contributed by atoms with Crippen molar-refractivity contribution in [3.05, 3.63) is 59.4 Å². The summed E-state index contributed by atoms with van der Waals surface area (Å²) in [5.74, 6) is -0.324. The number of amides is 1. The number of halogens is 2. The van der Waals surface area contributed by atoms with Gasteiger partial charge in [-0.15, -0.1) is 12.4 Å². The van der Waals surface area contributed by atoms with Gasteiger partial charge in [0.15, 0.2) is 0 Å². The average Bonchev–Trinajstić information content (AvgIpc) is 2.60. The van der Waals surface area contributed by atoms with Gasteiger partial charge < -0.3 is 16.0 Å². The summed E-state index contributed by atoms with van der Waals surface area (Å²) in [5.41, 5.74) is 9.91. The van der Waals surface area contributed by atoms with Gasteiger partial charge in [-0.1, -0.05) is 18.2 Å². The first-order valence-electron chi connectivity index (χ1n) is 8.22. The molecule has 0 fully saturated rings. The number of nitrogens with two attached hydrogens (primary N) is 1. The maximum Gasteiger partial charge on any atom is 0.242 e. The maximum absolute atomic E-state index is 12.9. The Hall–Kier alpha value is -2.27. The monoisotopic (exact) mass is 363 g/mol. The molecule has 134 valence electrons. The number of carbonyl (C=O) groups is 1. The molecule has 2 aromatic rings. The Labute approximate surface area is 153 Å². The van der Waals surface area contributed by atoms with Crippen molar-refractivity contribution < 1.29 is 9.18 Å². The highest BCUT2D eigenvalue weighted by atomic mass is 35.5. The summed E-state index contributed by atoms with van der Waals surface area (Å²) in [6, 6.07) is 11.7. The molecule has 0 saturated carbocycles. The van der Waals surface area contributed by atoms with Crippen LogP contribution in [0.25, 0.3) is 0 Å². The smallest absolute Gasteiger partial charge is 0.242 e. The fraction of sp³-hybridized carbons (Fsp3) is 0.316. The minimum atomic E-state index is -0.286. The van der Waals surface area contributed by atoms with Crippen LogP contribution in [0.1, 0.15) is 24.5 Å². The topological polar surface area (TPSA) is 58.4 Å². The van der Waals surface area contributed by atoms with E-state index in [1.165, 1.54) is 12.1 Å². The van der Waals surface area contributed by atoms with Crippen LogP contribution in [-0.4, -0.2) is 18.5 Å². The summed E-state index contributed by atoms with van der Waals surface area (Å²) in [4.78, 5) is 14.6. The molecule has 3 N–H and O–H groups in total. The second-order valence-electron chi connectivity index (χ2n) is 6.16. The molecule has 0 radical (unpaired) electrons. The molecule has 25 heavy (non-hydrogen) atoms. The van der Waals surface area contributed by atoms with E-state index in [0.29, 0.717) is 6.54 Å². The SMILES string of the molecule is CC(C(=O)NCc1ccc(F)cc1)N1CCCc2c(N)cccc21.Cl. The Kier molecular flexibility index (Phi) is 6.26. The Balaban J connectivity index is 0.00000225. The molecule has 1 heterocycles. The number of nitrogen functional groups attached to an aromatic ring is 1. The number of benzene rings is 2. The number of hydrogen-bond donors (Lipinski definition) is 2. The molecule has 1 atom stereocenters. The summed E-state index contributed by atoms with van der Waals surface area (Å²) >= 11 is 0. The van der Waals surface area contributed by atoms with Crippen molar-refractivity contribution in [1.29, 1.82) is 0 Å². The van der Waals surface area contributed by atoms with Crippen LogP contribution in [0.5, 0.6) is 0 Å². The van der Waals surface area contributed by atoms with Gasteiger partial charge in [-0.2, -0.15) is 0 Å². The molecule has 0 aliphatic carbocycles. The number of fused-ring (bicyclic) bond motifs is 1. The van der Waals surface area contributed by atoms with E-state index in [4.69, 9.17) is 5.73 Å². The van der Waals surface area contributed by atoms with Crippen molar-refractivity contribution in [2.24, 2.45) is 0 Å². The lowest BCUT2D eigenvalue weighted by atomic mass is 9.98. The van der Waals surface area contributed by atoms with Crippen LogP contribution in [0.3, 0.4) is 0 Å². The van der Waals surface area contributed by atoms with Crippen LogP contribution in [0.4, 0.5) is 15.8 Å². The molecule has 0 saturated heterocycles. The van der Waals surface area contributed by atoms with E-state index < -0.39 is 0 Å². The molecule has 3 rings (SSSR count). The molecule has 1 aliphatic heterocycles. The van der Waals surface area contributed by atoms with Gasteiger partial charge in [0, 0.05) is 24.5 Å². The predicted octanol–water partition coefficient (Wildman–Crippen LogP) is 3.29. The molecule has 1 amide bonds. The second-order valence-corrected chi connectivity index (χ2v) is 6.16. The number of hydrogen-bond acceptors (Lipinski definition) is 3. The van der Waals surface area contributed by atoms with E-state index in [9.17, 15) is 9.18 Å². The van der Waals surface area contributed by atoms with E-state index in [0.717, 1.165) is 41.9 Å². The molecule has 0 spiro atoms. The van der Waals surface area contributed by atoms with Gasteiger partial charge in [0.25, 0.3) is 0 Å². The number of nitrogens with zero attached hydrogens (tertiary/aromatic N) is 1. The normalized spacial score (nSPS) is 14.2. The summed E-state index contributed by atoms with van der Waals surface area (Å²) in [6.45, 7) is 3.13. The lowest BCUT2D eigenvalue weighted by Crippen LogP contribution is -2.47. The summed E-state index contributed by atoms with van der Waals surface area (Å²) < 4.78 is 12.9. The first-order chi connectivity index (χ1) is 11.6. The molecule has 0 bridgehead atoms. The third kappa shape index (κ3) is 4.23. The Morgan fingerprint density at radius 2 is 2.00 bits per heavy atom. The van der Waals surface area contributed by atoms with Crippen LogP contribution in [0.15, 0.2) is 42.5 Å². The average molecular weight is 364 g/mol. The first-order valence-corrected chi connectivity index (χ1v) is 8.22. The van der Waals surface area contributed by atoms with Gasteiger partial charge in [-0.3, -0.25) is 4.79 Å². The molecule has 1 aliphatic rings. The highest BCUT2D eigenvalue weighted by Gasteiger charge is 2.26. The maximum atomic E-state index is 12.9. The molecular formula is C19H23ClFN3O. The highest BCUT2D eigenvalue weighted by Crippen LogP contribution is 2.32. The Morgan fingerprint density at radius 1 is 1.28 bits per heavy atom. The lowest BCUT2D eigenvalue weighted by Gasteiger charge is -2.36. The summed E-state index contributed by atoms with van der Waals surface area (Å²) in [6.07, 6.45) is 1.93. The zero-order chi connectivity index (χ0) is 17.1. The van der Waals surface area contributed by atoms with Crippen molar-refractivity contribution >= 4 is 29.7 Å². The van der Waals surface area contributed by atoms with Crippen LogP contribution in [-0.2, 0) is 17.8 Å². The van der Waals surface area contributed by atoms with Crippen molar-refractivity contribution in [2.45, 2.75) is 32.4 Å². The number of carbonyl (C=O) groups excluding carboxylic acids is 1. The number of nitrogens with one attached hydrogen (secondary N) is 1. The fourth-order valence-electron chi connectivity index (χ4n) is 3.16. The van der Waals surface area contributed by atoms with E-state index in [1.807, 2.05) is 25.1 Å². The van der Waals surface area contributed by atoms with Gasteiger partial charge in [-0.25, -0.2) is 4.39 Å². The van der Waals surface area contributed by atoms with E-state index in [2.05, 4.69) is 10.2 Å². The molecule has 6 heteroatoms. The van der Waals surface area contributed by atoms with Gasteiger partial charge in [0.05, 0.1) is 0 Å². The van der Waals surface area contributed by atoms with Crippen LogP contribution < -0.4 is 16.0 Å². The zero-order valence-corrected chi connectivity index (χ0v) is 15.0. The third-order valence-corrected chi connectivity index (χ3v) is 4.55. The molecular weight excluding hydrogens is 341 g/mol. The van der Waals surface area contributed by atoms with Gasteiger partial charge in [0.1, 0.15) is 11.9 Å². The van der Waals surface area contributed by atoms with Crippen LogP contribution in [0.2, 0.25) is 0 Å². The predicted molar refractivity (Wildman–Crippen MR) is 101 cm³/mol. The number of rotatable bonds is 4. The minimum absolute atomic E-state index is 0. The van der Waals surface area contributed by atoms with Crippen molar-refractivity contribution in [3.63, 3.8) is 0 Å². The highest BCUT2D eigenvalue weighted by molar-refractivity contribution is 5.86. The van der Waals surface area contributed by atoms with Crippen molar-refractivity contribution in [1.82, 2.24) is 5.32 Å². The summed E-state index contributed by atoms with van der Waals surface area (Å²) in [7, 11) is 0. The van der Waals surface area contributed by atoms with Gasteiger partial charge in [0.2, 0.25) is 5.91 Å². The van der Waals surface area contributed by atoms with Crippen LogP contribution >= 0.6 is 12.4 Å². The standard InChI is InChI=1S/C19H22FN3O.ClH/c1-13(19(24)22-12-14-7-9-15(20)10-8-14)23-11-3-4-16-17(21)5-2-6-18(16)23;/h2,5-10,13H,3-4,11-12,21H2,1H3,(H,22,24);1H. The van der Waals surface area contributed by atoms with Crippen LogP contribution in [0, 0.1) is 5.82 Å². The second kappa shape index (κ2) is 8.21. The van der Waals surface area contributed by atoms with E-state index in [1.54, 1.807) is 12.1 Å². The van der Waals surface area contributed by atoms with Gasteiger partial charge >= 0.3 is 0 Å². The molecule has 0 aromatic heterocycles. The molecule has 2 aromatic carbocycles. The Morgan fingerprint density at radius 3 is 2.72 bits per heavy atom. The fourth-order valence-corrected chi connectivity index (χ4v) is 3.16.